The number of ether oxygens (including phenoxy) is 2. The van der Waals surface area contributed by atoms with Gasteiger partial charge in [0.25, 0.3) is 27.6 Å². The molecule has 0 bridgehead atoms. The van der Waals surface area contributed by atoms with Crippen LogP contribution in [0, 0.1) is 10.1 Å². The van der Waals surface area contributed by atoms with E-state index in [0.717, 1.165) is 0 Å². The quantitative estimate of drug-likeness (QED) is 0.460. The summed E-state index contributed by atoms with van der Waals surface area (Å²) in [5, 5.41) is 9.92. The monoisotopic (exact) mass is 357 g/mol. The van der Waals surface area contributed by atoms with E-state index in [1.54, 1.807) is 0 Å². The van der Waals surface area contributed by atoms with Crippen LogP contribution in [0.15, 0.2) is 12.1 Å². The van der Waals surface area contributed by atoms with Crippen molar-refractivity contribution in [2.75, 3.05) is 14.2 Å². The zero-order valence-electron chi connectivity index (χ0n) is 13.1. The first-order valence-corrected chi connectivity index (χ1v) is 8.21. The minimum atomic E-state index is -4.31. The molecule has 1 N–H and O–H groups in total. The molecule has 130 valence electrons. The summed E-state index contributed by atoms with van der Waals surface area (Å²) in [4.78, 5) is 18.8. The number of methoxy groups -OCH3 is 2. The van der Waals surface area contributed by atoms with Gasteiger partial charge in [-0.15, -0.1) is 0 Å². The molecule has 0 spiro atoms. The van der Waals surface area contributed by atoms with Crippen molar-refractivity contribution in [3.63, 3.8) is 0 Å². The van der Waals surface area contributed by atoms with Crippen molar-refractivity contribution in [2.24, 2.45) is 0 Å². The average molecular weight is 357 g/mol. The second kappa shape index (κ2) is 6.53. The third-order valence-electron chi connectivity index (χ3n) is 3.39. The molecule has 2 aromatic rings. The van der Waals surface area contributed by atoms with Crippen molar-refractivity contribution in [2.45, 2.75) is 18.6 Å². The van der Waals surface area contributed by atoms with E-state index in [-0.39, 0.29) is 40.5 Å². The van der Waals surface area contributed by atoms with Gasteiger partial charge >= 0.3 is 0 Å². The van der Waals surface area contributed by atoms with Crippen LogP contribution in [0.5, 0.6) is 11.8 Å². The molecule has 0 fully saturated rings. The second-order valence-electron chi connectivity index (χ2n) is 5.00. The number of nitro groups is 1. The normalized spacial score (nSPS) is 12.8. The Kier molecular flexibility index (Phi) is 4.85. The van der Waals surface area contributed by atoms with E-state index in [9.17, 15) is 18.5 Å². The minimum Gasteiger partial charge on any atom is -0.477 e. The van der Waals surface area contributed by atoms with Gasteiger partial charge in [-0.25, -0.2) is 9.97 Å². The summed E-state index contributed by atoms with van der Waals surface area (Å²) in [5.74, 6) is 0.0962. The number of benzene rings is 1. The SMILES string of the molecule is COc1nc2cc([N+](=O)[O-])cc(CC(C)S(=O)(=O)O)c2nc1OC. The standard InChI is InChI=1S/C13H15N3O7S/c1-7(24(19,20)21)4-8-5-9(16(17)18)6-10-11(8)15-13(23-3)12(14-10)22-2/h5-7H,4H2,1-3H3,(H,19,20,21). The highest BCUT2D eigenvalue weighted by molar-refractivity contribution is 7.86. The van der Waals surface area contributed by atoms with Gasteiger partial charge in [-0.3, -0.25) is 14.7 Å². The molecule has 0 aliphatic rings. The van der Waals surface area contributed by atoms with E-state index in [1.807, 2.05) is 0 Å². The average Bonchev–Trinajstić information content (AvgIpc) is 2.52. The molecule has 11 heteroatoms. The summed E-state index contributed by atoms with van der Waals surface area (Å²) < 4.78 is 41.7. The van der Waals surface area contributed by atoms with Gasteiger partial charge in [0.2, 0.25) is 0 Å². The zero-order chi connectivity index (χ0) is 18.1. The lowest BCUT2D eigenvalue weighted by molar-refractivity contribution is -0.384. The molecule has 1 unspecified atom stereocenters. The molecular weight excluding hydrogens is 342 g/mol. The van der Waals surface area contributed by atoms with E-state index in [1.165, 1.54) is 33.3 Å². The van der Waals surface area contributed by atoms with Crippen LogP contribution >= 0.6 is 0 Å². The maximum Gasteiger partial charge on any atom is 0.278 e. The first-order chi connectivity index (χ1) is 11.2. The smallest absolute Gasteiger partial charge is 0.278 e. The molecule has 0 saturated carbocycles. The number of hydrogen-bond donors (Lipinski definition) is 1. The van der Waals surface area contributed by atoms with Gasteiger partial charge in [0.05, 0.1) is 29.9 Å². The fourth-order valence-corrected chi connectivity index (χ4v) is 2.51. The van der Waals surface area contributed by atoms with Crippen LogP contribution in [0.25, 0.3) is 11.0 Å². The number of hydrogen-bond acceptors (Lipinski definition) is 8. The Morgan fingerprint density at radius 1 is 1.25 bits per heavy atom. The molecule has 0 aliphatic carbocycles. The summed E-state index contributed by atoms with van der Waals surface area (Å²) in [5.41, 5.74) is 0.354. The van der Waals surface area contributed by atoms with E-state index in [0.29, 0.717) is 0 Å². The summed E-state index contributed by atoms with van der Waals surface area (Å²) in [6.07, 6.45) is -0.179. The van der Waals surface area contributed by atoms with E-state index >= 15 is 0 Å². The van der Waals surface area contributed by atoms with E-state index < -0.39 is 20.3 Å². The molecule has 0 aliphatic heterocycles. The van der Waals surface area contributed by atoms with E-state index in [2.05, 4.69) is 9.97 Å². The first-order valence-electron chi connectivity index (χ1n) is 6.70. The topological polar surface area (TPSA) is 142 Å². The first kappa shape index (κ1) is 17.8. The molecule has 10 nitrogen and oxygen atoms in total. The fourth-order valence-electron chi connectivity index (χ4n) is 2.12. The van der Waals surface area contributed by atoms with Crippen LogP contribution < -0.4 is 9.47 Å². The predicted molar refractivity (Wildman–Crippen MR) is 84.0 cm³/mol. The lowest BCUT2D eigenvalue weighted by Crippen LogP contribution is -2.19. The Hall–Kier alpha value is -2.53. The molecular formula is C13H15N3O7S. The van der Waals surface area contributed by atoms with Gasteiger partial charge in [0.1, 0.15) is 5.52 Å². The predicted octanol–water partition coefficient (Wildman–Crippen LogP) is 1.37. The molecule has 0 radical (unpaired) electrons. The number of nitro benzene ring substituents is 1. The Bertz CT molecular complexity index is 898. The van der Waals surface area contributed by atoms with Gasteiger partial charge in [0, 0.05) is 12.1 Å². The van der Waals surface area contributed by atoms with Gasteiger partial charge in [-0.05, 0) is 18.9 Å². The fraction of sp³-hybridized carbons (Fsp3) is 0.385. The van der Waals surface area contributed by atoms with Crippen LogP contribution in [0.2, 0.25) is 0 Å². The largest absolute Gasteiger partial charge is 0.477 e. The van der Waals surface area contributed by atoms with Crippen molar-refractivity contribution < 1.29 is 27.4 Å². The Morgan fingerprint density at radius 3 is 2.33 bits per heavy atom. The second-order valence-corrected chi connectivity index (χ2v) is 6.84. The van der Waals surface area contributed by atoms with Crippen molar-refractivity contribution in [3.8, 4) is 11.8 Å². The molecule has 1 aromatic heterocycles. The number of aromatic nitrogens is 2. The highest BCUT2D eigenvalue weighted by Gasteiger charge is 2.23. The third kappa shape index (κ3) is 3.51. The minimum absolute atomic E-state index is 0.0410. The number of nitrogens with zero attached hydrogens (tertiary/aromatic N) is 3. The zero-order valence-corrected chi connectivity index (χ0v) is 13.9. The molecule has 1 atom stereocenters. The van der Waals surface area contributed by atoms with Gasteiger partial charge in [0.15, 0.2) is 0 Å². The third-order valence-corrected chi connectivity index (χ3v) is 4.57. The molecule has 1 heterocycles. The van der Waals surface area contributed by atoms with E-state index in [4.69, 9.17) is 14.0 Å². The highest BCUT2D eigenvalue weighted by Crippen LogP contribution is 2.30. The number of fused-ring (bicyclic) bond motifs is 1. The number of rotatable bonds is 6. The van der Waals surface area contributed by atoms with Crippen LogP contribution in [-0.4, -0.2) is 47.3 Å². The van der Waals surface area contributed by atoms with Crippen LogP contribution in [0.4, 0.5) is 5.69 Å². The Morgan fingerprint density at radius 2 is 1.83 bits per heavy atom. The Balaban J connectivity index is 2.72. The Labute approximate surface area is 137 Å². The van der Waals surface area contributed by atoms with Crippen LogP contribution in [-0.2, 0) is 16.5 Å². The lowest BCUT2D eigenvalue weighted by atomic mass is 10.1. The summed E-state index contributed by atoms with van der Waals surface area (Å²) in [6.45, 7) is 1.29. The molecule has 24 heavy (non-hydrogen) atoms. The van der Waals surface area contributed by atoms with Crippen molar-refractivity contribution >= 4 is 26.8 Å². The van der Waals surface area contributed by atoms with Crippen LogP contribution in [0.1, 0.15) is 12.5 Å². The number of non-ortho nitro benzene ring substituents is 1. The summed E-state index contributed by atoms with van der Waals surface area (Å²) >= 11 is 0. The molecule has 0 saturated heterocycles. The van der Waals surface area contributed by atoms with Crippen molar-refractivity contribution in [1.29, 1.82) is 0 Å². The maximum atomic E-state index is 11.3. The molecule has 1 aromatic carbocycles. The van der Waals surface area contributed by atoms with Gasteiger partial charge in [-0.2, -0.15) is 8.42 Å². The van der Waals surface area contributed by atoms with Gasteiger partial charge in [-0.1, -0.05) is 0 Å². The maximum absolute atomic E-state index is 11.3. The van der Waals surface area contributed by atoms with Crippen molar-refractivity contribution in [3.05, 3.63) is 27.8 Å². The molecule has 0 amide bonds. The summed E-state index contributed by atoms with van der Waals surface area (Å²) in [6, 6.07) is 2.40. The molecule has 2 rings (SSSR count). The highest BCUT2D eigenvalue weighted by atomic mass is 32.2. The van der Waals surface area contributed by atoms with Crippen molar-refractivity contribution in [1.82, 2.24) is 9.97 Å². The van der Waals surface area contributed by atoms with Crippen LogP contribution in [0.3, 0.4) is 0 Å². The lowest BCUT2D eigenvalue weighted by Gasteiger charge is -2.12. The summed E-state index contributed by atoms with van der Waals surface area (Å²) in [7, 11) is -1.61. The van der Waals surface area contributed by atoms with Gasteiger partial charge < -0.3 is 9.47 Å².